The van der Waals surface area contributed by atoms with Crippen LogP contribution in [0.3, 0.4) is 0 Å². The first kappa shape index (κ1) is 22.2. The number of piperazine rings is 1. The van der Waals surface area contributed by atoms with Crippen LogP contribution < -0.4 is 10.6 Å². The maximum absolute atomic E-state index is 12.6. The molecule has 0 radical (unpaired) electrons. The number of amides is 3. The Morgan fingerprint density at radius 3 is 2.57 bits per heavy atom. The predicted molar refractivity (Wildman–Crippen MR) is 107 cm³/mol. The lowest BCUT2D eigenvalue weighted by Crippen LogP contribution is -2.49. The molecular formula is C19H26N4O6S. The van der Waals surface area contributed by atoms with Crippen LogP contribution in [0.4, 0.5) is 0 Å². The molecule has 3 rings (SSSR count). The molecule has 2 fully saturated rings. The van der Waals surface area contributed by atoms with E-state index in [-0.39, 0.29) is 54.9 Å². The van der Waals surface area contributed by atoms with E-state index in [0.29, 0.717) is 18.4 Å². The molecule has 0 aromatic heterocycles. The van der Waals surface area contributed by atoms with Crippen molar-refractivity contribution in [1.82, 2.24) is 19.8 Å². The number of ether oxygens (including phenoxy) is 1. The summed E-state index contributed by atoms with van der Waals surface area (Å²) in [7, 11) is -0.457. The Kier molecular flexibility index (Phi) is 6.74. The monoisotopic (exact) mass is 438 g/mol. The number of sulfonamides is 1. The van der Waals surface area contributed by atoms with Gasteiger partial charge in [-0.1, -0.05) is 0 Å². The van der Waals surface area contributed by atoms with E-state index in [2.05, 4.69) is 10.6 Å². The molecule has 2 aliphatic rings. The molecule has 1 aromatic carbocycles. The third-order valence-corrected chi connectivity index (χ3v) is 6.93. The molecule has 164 valence electrons. The molecule has 10 nitrogen and oxygen atoms in total. The Labute approximate surface area is 175 Å². The lowest BCUT2D eigenvalue weighted by atomic mass is 10.1. The number of likely N-dealkylation sites (N-methyl/N-ethyl adjacent to an activating group) is 1. The Morgan fingerprint density at radius 1 is 1.23 bits per heavy atom. The van der Waals surface area contributed by atoms with Crippen molar-refractivity contribution in [2.45, 2.75) is 29.9 Å². The Hall–Kier alpha value is -2.50. The van der Waals surface area contributed by atoms with Gasteiger partial charge in [-0.05, 0) is 37.1 Å². The zero-order valence-corrected chi connectivity index (χ0v) is 17.8. The summed E-state index contributed by atoms with van der Waals surface area (Å²) in [6.45, 7) is 0.514. The Morgan fingerprint density at radius 2 is 1.93 bits per heavy atom. The average molecular weight is 439 g/mol. The van der Waals surface area contributed by atoms with Crippen molar-refractivity contribution in [3.05, 3.63) is 29.8 Å². The Bertz CT molecular complexity index is 915. The molecule has 30 heavy (non-hydrogen) atoms. The highest BCUT2D eigenvalue weighted by Crippen LogP contribution is 2.21. The van der Waals surface area contributed by atoms with Gasteiger partial charge in [0.25, 0.3) is 11.8 Å². The first-order chi connectivity index (χ1) is 14.2. The van der Waals surface area contributed by atoms with Crippen molar-refractivity contribution in [1.29, 1.82) is 0 Å². The van der Waals surface area contributed by atoms with Gasteiger partial charge in [0.05, 0.1) is 17.5 Å². The van der Waals surface area contributed by atoms with Crippen LogP contribution in [0.1, 0.15) is 23.2 Å². The minimum absolute atomic E-state index is 0.0258. The fraction of sp³-hybridized carbons (Fsp3) is 0.526. The van der Waals surface area contributed by atoms with Crippen molar-refractivity contribution < 1.29 is 27.5 Å². The molecule has 2 N–H and O–H groups in total. The predicted octanol–water partition coefficient (Wildman–Crippen LogP) is -0.827. The third-order valence-electron chi connectivity index (χ3n) is 5.07. The minimum atomic E-state index is -3.80. The van der Waals surface area contributed by atoms with E-state index in [4.69, 9.17) is 4.74 Å². The molecule has 0 bridgehead atoms. The number of nitrogens with one attached hydrogen (secondary N) is 2. The molecule has 11 heteroatoms. The molecule has 0 spiro atoms. The lowest BCUT2D eigenvalue weighted by molar-refractivity contribution is -0.140. The van der Waals surface area contributed by atoms with E-state index < -0.39 is 16.1 Å². The summed E-state index contributed by atoms with van der Waals surface area (Å²) in [4.78, 5) is 37.3. The van der Waals surface area contributed by atoms with Crippen molar-refractivity contribution >= 4 is 27.7 Å². The lowest BCUT2D eigenvalue weighted by Gasteiger charge is -2.25. The molecule has 2 saturated heterocycles. The van der Waals surface area contributed by atoms with Crippen LogP contribution in [0.5, 0.6) is 0 Å². The number of hydrogen-bond acceptors (Lipinski definition) is 6. The number of hydrogen-bond donors (Lipinski definition) is 2. The second-order valence-corrected chi connectivity index (χ2v) is 9.42. The van der Waals surface area contributed by atoms with Crippen molar-refractivity contribution in [2.75, 3.05) is 40.3 Å². The topological polar surface area (TPSA) is 125 Å². The van der Waals surface area contributed by atoms with Gasteiger partial charge in [0.15, 0.2) is 0 Å². The molecule has 2 atom stereocenters. The van der Waals surface area contributed by atoms with Gasteiger partial charge in [-0.3, -0.25) is 14.4 Å². The number of rotatable bonds is 6. The van der Waals surface area contributed by atoms with Gasteiger partial charge in [-0.2, -0.15) is 4.31 Å². The van der Waals surface area contributed by atoms with Gasteiger partial charge in [-0.25, -0.2) is 8.42 Å². The summed E-state index contributed by atoms with van der Waals surface area (Å²) < 4.78 is 32.1. The first-order valence-corrected chi connectivity index (χ1v) is 11.1. The van der Waals surface area contributed by atoms with Gasteiger partial charge >= 0.3 is 0 Å². The molecule has 3 amide bonds. The van der Waals surface area contributed by atoms with Crippen LogP contribution >= 0.6 is 0 Å². The standard InChI is InChI=1S/C19H26N4O6S/c1-22(2)19(26)16-8-5-14(29-16)11-21-18(25)13-3-6-15(7-4-13)30(27,28)23-10-9-20-17(24)12-23/h3-4,6-7,14,16H,5,8-12H2,1-2H3,(H,20,24)(H,21,25)/t14-,16+/m1/s1. The maximum atomic E-state index is 12.6. The number of carbonyl (C=O) groups excluding carboxylic acids is 3. The molecule has 0 unspecified atom stereocenters. The van der Waals surface area contributed by atoms with E-state index >= 15 is 0 Å². The Balaban J connectivity index is 1.55. The van der Waals surface area contributed by atoms with Crippen LogP contribution in [0, 0.1) is 0 Å². The van der Waals surface area contributed by atoms with Gasteiger partial charge < -0.3 is 20.3 Å². The van der Waals surface area contributed by atoms with Gasteiger partial charge in [0, 0.05) is 39.3 Å². The molecule has 0 aliphatic carbocycles. The maximum Gasteiger partial charge on any atom is 0.251 e. The summed E-state index contributed by atoms with van der Waals surface area (Å²) in [6, 6.07) is 5.57. The first-order valence-electron chi connectivity index (χ1n) is 9.70. The third kappa shape index (κ3) is 4.97. The van der Waals surface area contributed by atoms with E-state index in [1.807, 2.05) is 0 Å². The van der Waals surface area contributed by atoms with E-state index in [9.17, 15) is 22.8 Å². The second-order valence-electron chi connectivity index (χ2n) is 7.48. The number of benzene rings is 1. The highest BCUT2D eigenvalue weighted by atomic mass is 32.2. The molecule has 0 saturated carbocycles. The van der Waals surface area contributed by atoms with Crippen LogP contribution in [-0.4, -0.2) is 87.8 Å². The number of carbonyl (C=O) groups is 3. The quantitative estimate of drug-likeness (QED) is 0.597. The van der Waals surface area contributed by atoms with Crippen LogP contribution in [-0.2, 0) is 24.3 Å². The normalized spacial score (nSPS) is 22.4. The molecule has 2 aliphatic heterocycles. The summed E-state index contributed by atoms with van der Waals surface area (Å²) in [5, 5.41) is 5.34. The smallest absolute Gasteiger partial charge is 0.251 e. The van der Waals surface area contributed by atoms with E-state index in [1.165, 1.54) is 29.2 Å². The van der Waals surface area contributed by atoms with Crippen LogP contribution in [0.2, 0.25) is 0 Å². The van der Waals surface area contributed by atoms with Crippen molar-refractivity contribution in [3.8, 4) is 0 Å². The fourth-order valence-corrected chi connectivity index (χ4v) is 4.78. The molecule has 1 aromatic rings. The second kappa shape index (κ2) is 9.11. The number of nitrogens with zero attached hydrogens (tertiary/aromatic N) is 2. The van der Waals surface area contributed by atoms with Gasteiger partial charge in [0.2, 0.25) is 15.9 Å². The molecule has 2 heterocycles. The average Bonchev–Trinajstić information content (AvgIpc) is 3.20. The zero-order chi connectivity index (χ0) is 21.9. The van der Waals surface area contributed by atoms with E-state index in [1.54, 1.807) is 14.1 Å². The van der Waals surface area contributed by atoms with Gasteiger partial charge in [0.1, 0.15) is 6.10 Å². The van der Waals surface area contributed by atoms with Gasteiger partial charge in [-0.15, -0.1) is 0 Å². The van der Waals surface area contributed by atoms with Crippen molar-refractivity contribution in [2.24, 2.45) is 0 Å². The summed E-state index contributed by atoms with van der Waals surface area (Å²) in [5.41, 5.74) is 0.309. The summed E-state index contributed by atoms with van der Waals surface area (Å²) in [5.74, 6) is -0.793. The van der Waals surface area contributed by atoms with Crippen molar-refractivity contribution in [3.63, 3.8) is 0 Å². The zero-order valence-electron chi connectivity index (χ0n) is 17.0. The SMILES string of the molecule is CN(C)C(=O)[C@@H]1CC[C@H](CNC(=O)c2ccc(S(=O)(=O)N3CCNC(=O)C3)cc2)O1. The highest BCUT2D eigenvalue weighted by Gasteiger charge is 2.32. The largest absolute Gasteiger partial charge is 0.363 e. The summed E-state index contributed by atoms with van der Waals surface area (Å²) >= 11 is 0. The molecular weight excluding hydrogens is 412 g/mol. The summed E-state index contributed by atoms with van der Waals surface area (Å²) in [6.07, 6.45) is 0.556. The van der Waals surface area contributed by atoms with Crippen LogP contribution in [0.15, 0.2) is 29.2 Å². The van der Waals surface area contributed by atoms with E-state index in [0.717, 1.165) is 4.31 Å². The minimum Gasteiger partial charge on any atom is -0.363 e. The highest BCUT2D eigenvalue weighted by molar-refractivity contribution is 7.89. The fourth-order valence-electron chi connectivity index (χ4n) is 3.38. The van der Waals surface area contributed by atoms with Crippen LogP contribution in [0.25, 0.3) is 0 Å².